The number of amides is 4. The summed E-state index contributed by atoms with van der Waals surface area (Å²) in [6, 6.07) is 5.05. The van der Waals surface area contributed by atoms with E-state index in [9.17, 15) is 14.4 Å². The highest BCUT2D eigenvalue weighted by Gasteiger charge is 2.27. The van der Waals surface area contributed by atoms with Gasteiger partial charge in [0.25, 0.3) is 0 Å². The van der Waals surface area contributed by atoms with E-state index in [2.05, 4.69) is 19.2 Å². The van der Waals surface area contributed by atoms with Gasteiger partial charge >= 0.3 is 6.03 Å². The Labute approximate surface area is 167 Å². The summed E-state index contributed by atoms with van der Waals surface area (Å²) in [5.41, 5.74) is 1.92. The normalized spacial score (nSPS) is 13.2. The van der Waals surface area contributed by atoms with Crippen LogP contribution in [0, 0.1) is 0 Å². The average molecular weight is 389 g/mol. The number of imide groups is 1. The number of hydrazine groups is 1. The Balaban J connectivity index is 2.29. The van der Waals surface area contributed by atoms with Gasteiger partial charge in [-0.15, -0.1) is 0 Å². The quantitative estimate of drug-likeness (QED) is 0.631. The van der Waals surface area contributed by atoms with Gasteiger partial charge in [-0.3, -0.25) is 19.5 Å². The lowest BCUT2D eigenvalue weighted by atomic mass is 10.1. The smallest absolute Gasteiger partial charge is 0.304 e. The second-order valence-electron chi connectivity index (χ2n) is 7.22. The number of fused-ring (bicyclic) bond motifs is 1. The zero-order valence-electron chi connectivity index (χ0n) is 17.5. The van der Waals surface area contributed by atoms with E-state index in [1.165, 1.54) is 9.91 Å². The van der Waals surface area contributed by atoms with Crippen LogP contribution in [0.2, 0.25) is 0 Å². The molecule has 0 unspecified atom stereocenters. The molecule has 0 aromatic heterocycles. The van der Waals surface area contributed by atoms with Crippen LogP contribution in [-0.2, 0) is 9.59 Å². The van der Waals surface area contributed by atoms with E-state index in [0.717, 1.165) is 44.2 Å². The minimum Gasteiger partial charge on any atom is -0.304 e. The summed E-state index contributed by atoms with van der Waals surface area (Å²) in [6.07, 6.45) is 6.18. The number of unbranched alkanes of at least 4 members (excludes halogenated alkanes) is 4. The molecule has 1 aromatic carbocycles. The van der Waals surface area contributed by atoms with Crippen LogP contribution in [0.5, 0.6) is 0 Å². The number of carbonyl (C=O) groups excluding carboxylic acids is 3. The molecular weight excluding hydrogens is 356 g/mol. The number of carbonyl (C=O) groups is 3. The maximum Gasteiger partial charge on any atom is 0.340 e. The predicted molar refractivity (Wildman–Crippen MR) is 112 cm³/mol. The molecule has 28 heavy (non-hydrogen) atoms. The largest absolute Gasteiger partial charge is 0.340 e. The first-order valence-corrected chi connectivity index (χ1v) is 10.2. The van der Waals surface area contributed by atoms with Crippen molar-refractivity contribution in [2.75, 3.05) is 29.3 Å². The summed E-state index contributed by atoms with van der Waals surface area (Å²) in [4.78, 5) is 39.1. The Bertz CT molecular complexity index is 698. The Kier molecular flexibility index (Phi) is 7.84. The van der Waals surface area contributed by atoms with Gasteiger partial charge in [0.15, 0.2) is 0 Å². The van der Waals surface area contributed by atoms with Gasteiger partial charge in [-0.2, -0.15) is 0 Å². The third kappa shape index (κ3) is 5.03. The molecule has 0 saturated heterocycles. The summed E-state index contributed by atoms with van der Waals surface area (Å²) < 4.78 is 0. The Morgan fingerprint density at radius 1 is 0.929 bits per heavy atom. The average Bonchev–Trinajstić information content (AvgIpc) is 2.67. The fourth-order valence-electron chi connectivity index (χ4n) is 3.24. The molecule has 1 heterocycles. The van der Waals surface area contributed by atoms with Gasteiger partial charge in [-0.1, -0.05) is 39.5 Å². The monoisotopic (exact) mass is 388 g/mol. The Morgan fingerprint density at radius 2 is 1.50 bits per heavy atom. The molecule has 0 radical (unpaired) electrons. The first kappa shape index (κ1) is 21.7. The van der Waals surface area contributed by atoms with Gasteiger partial charge < -0.3 is 5.32 Å². The second-order valence-corrected chi connectivity index (χ2v) is 7.22. The number of hydrogen-bond acceptors (Lipinski definition) is 4. The SMILES string of the molecule is CCCCCC(=O)N(C(=O)CCCCC)c1ccc2c(c1)NC(=O)N(C)N2C. The van der Waals surface area contributed by atoms with Crippen LogP contribution in [0.25, 0.3) is 0 Å². The Hall–Kier alpha value is -2.57. The van der Waals surface area contributed by atoms with Gasteiger partial charge in [0.1, 0.15) is 0 Å². The van der Waals surface area contributed by atoms with Crippen LogP contribution in [0.1, 0.15) is 65.2 Å². The zero-order chi connectivity index (χ0) is 20.7. The van der Waals surface area contributed by atoms with Crippen LogP contribution in [0.3, 0.4) is 0 Å². The molecule has 0 saturated carbocycles. The van der Waals surface area contributed by atoms with Crippen molar-refractivity contribution in [1.29, 1.82) is 0 Å². The van der Waals surface area contributed by atoms with E-state index < -0.39 is 0 Å². The molecule has 7 heteroatoms. The molecule has 0 fully saturated rings. The molecule has 1 aromatic rings. The number of anilines is 3. The molecule has 7 nitrogen and oxygen atoms in total. The van der Waals surface area contributed by atoms with Crippen LogP contribution < -0.4 is 15.2 Å². The minimum atomic E-state index is -0.262. The molecule has 2 rings (SSSR count). The first-order chi connectivity index (χ1) is 13.4. The molecule has 1 N–H and O–H groups in total. The van der Waals surface area contributed by atoms with E-state index in [1.54, 1.807) is 31.2 Å². The third-order valence-electron chi connectivity index (χ3n) is 5.06. The van der Waals surface area contributed by atoms with Crippen molar-refractivity contribution < 1.29 is 14.4 Å². The number of hydrogen-bond donors (Lipinski definition) is 1. The molecule has 0 atom stereocenters. The minimum absolute atomic E-state index is 0.178. The van der Waals surface area contributed by atoms with Crippen molar-refractivity contribution in [3.63, 3.8) is 0 Å². The van der Waals surface area contributed by atoms with Gasteiger partial charge in [0, 0.05) is 26.9 Å². The summed E-state index contributed by atoms with van der Waals surface area (Å²) >= 11 is 0. The third-order valence-corrected chi connectivity index (χ3v) is 5.06. The number of nitrogens with one attached hydrogen (secondary N) is 1. The highest BCUT2D eigenvalue weighted by molar-refractivity contribution is 6.15. The van der Waals surface area contributed by atoms with Gasteiger partial charge in [0.2, 0.25) is 11.8 Å². The van der Waals surface area contributed by atoms with E-state index in [4.69, 9.17) is 0 Å². The predicted octanol–water partition coefficient (Wildman–Crippen LogP) is 4.54. The maximum absolute atomic E-state index is 12.8. The van der Waals surface area contributed by atoms with Crippen molar-refractivity contribution in [2.45, 2.75) is 65.2 Å². The molecule has 4 amide bonds. The van der Waals surface area contributed by atoms with Crippen molar-refractivity contribution in [3.8, 4) is 0 Å². The lowest BCUT2D eigenvalue weighted by molar-refractivity contribution is -0.126. The number of nitrogens with zero attached hydrogens (tertiary/aromatic N) is 3. The van der Waals surface area contributed by atoms with Crippen LogP contribution in [-0.4, -0.2) is 36.9 Å². The Morgan fingerprint density at radius 3 is 2.04 bits per heavy atom. The summed E-state index contributed by atoms with van der Waals surface area (Å²) in [5, 5.41) is 6.01. The topological polar surface area (TPSA) is 73.0 Å². The molecular formula is C21H32N4O3. The van der Waals surface area contributed by atoms with Gasteiger partial charge in [-0.05, 0) is 31.0 Å². The number of benzene rings is 1. The van der Waals surface area contributed by atoms with E-state index in [-0.39, 0.29) is 17.8 Å². The fourth-order valence-corrected chi connectivity index (χ4v) is 3.24. The summed E-state index contributed by atoms with van der Waals surface area (Å²) in [7, 11) is 3.47. The molecule has 1 aliphatic rings. The van der Waals surface area contributed by atoms with Crippen LogP contribution in [0.15, 0.2) is 18.2 Å². The first-order valence-electron chi connectivity index (χ1n) is 10.2. The zero-order valence-corrected chi connectivity index (χ0v) is 17.5. The molecule has 0 bridgehead atoms. The fraction of sp³-hybridized carbons (Fsp3) is 0.571. The van der Waals surface area contributed by atoms with Crippen molar-refractivity contribution >= 4 is 34.9 Å². The van der Waals surface area contributed by atoms with E-state index in [0.29, 0.717) is 24.2 Å². The van der Waals surface area contributed by atoms with E-state index >= 15 is 0 Å². The van der Waals surface area contributed by atoms with Crippen molar-refractivity contribution in [2.24, 2.45) is 0 Å². The lowest BCUT2D eigenvalue weighted by Crippen LogP contribution is -2.47. The summed E-state index contributed by atoms with van der Waals surface area (Å²) in [5.74, 6) is -0.356. The maximum atomic E-state index is 12.8. The standard InChI is InChI=1S/C21H32N4O3/c1-5-7-9-11-19(26)25(20(27)12-10-8-6-2)16-13-14-18-17(15-16)22-21(28)24(4)23(18)3/h13-15H,5-12H2,1-4H3,(H,22,28). The summed E-state index contributed by atoms with van der Waals surface area (Å²) in [6.45, 7) is 4.16. The number of urea groups is 1. The van der Waals surface area contributed by atoms with Crippen molar-refractivity contribution in [3.05, 3.63) is 18.2 Å². The highest BCUT2D eigenvalue weighted by Crippen LogP contribution is 2.34. The molecule has 0 aliphatic carbocycles. The highest BCUT2D eigenvalue weighted by atomic mass is 16.2. The van der Waals surface area contributed by atoms with Crippen molar-refractivity contribution in [1.82, 2.24) is 5.01 Å². The molecule has 1 aliphatic heterocycles. The van der Waals surface area contributed by atoms with Gasteiger partial charge in [-0.25, -0.2) is 9.80 Å². The van der Waals surface area contributed by atoms with Crippen LogP contribution >= 0.6 is 0 Å². The lowest BCUT2D eigenvalue weighted by Gasteiger charge is -2.36. The molecule has 154 valence electrons. The number of rotatable bonds is 9. The van der Waals surface area contributed by atoms with Crippen LogP contribution in [0.4, 0.5) is 21.9 Å². The second kappa shape index (κ2) is 10.1. The van der Waals surface area contributed by atoms with E-state index in [1.807, 2.05) is 6.07 Å². The van der Waals surface area contributed by atoms with Gasteiger partial charge in [0.05, 0.1) is 17.1 Å². The molecule has 0 spiro atoms.